The van der Waals surface area contributed by atoms with E-state index >= 15 is 0 Å². The second kappa shape index (κ2) is 2.29. The Morgan fingerprint density at radius 2 is 2.27 bits per heavy atom. The highest BCUT2D eigenvalue weighted by Crippen LogP contribution is 2.44. The molecular formula is C8H9BrN2. The van der Waals surface area contributed by atoms with Gasteiger partial charge in [0, 0.05) is 22.4 Å². The Bertz CT molecular complexity index is 281. The first kappa shape index (κ1) is 7.25. The van der Waals surface area contributed by atoms with Gasteiger partial charge in [0.1, 0.15) is 0 Å². The predicted molar refractivity (Wildman–Crippen MR) is 47.0 cm³/mol. The van der Waals surface area contributed by atoms with E-state index in [4.69, 9.17) is 5.73 Å². The molecule has 58 valence electrons. The van der Waals surface area contributed by atoms with Crippen molar-refractivity contribution < 1.29 is 0 Å². The smallest absolute Gasteiger partial charge is 0.0423 e. The van der Waals surface area contributed by atoms with Crippen molar-refractivity contribution in [3.05, 3.63) is 28.5 Å². The average molecular weight is 213 g/mol. The zero-order chi connectivity index (χ0) is 7.90. The molecule has 1 aliphatic carbocycles. The van der Waals surface area contributed by atoms with Crippen LogP contribution in [0.3, 0.4) is 0 Å². The summed E-state index contributed by atoms with van der Waals surface area (Å²) in [6.45, 7) is 0. The van der Waals surface area contributed by atoms with Crippen molar-refractivity contribution in [3.8, 4) is 0 Å². The molecule has 0 unspecified atom stereocenters. The van der Waals surface area contributed by atoms with Crippen molar-refractivity contribution in [2.45, 2.75) is 18.4 Å². The first-order valence-electron chi connectivity index (χ1n) is 3.61. The van der Waals surface area contributed by atoms with E-state index in [1.807, 2.05) is 6.07 Å². The van der Waals surface area contributed by atoms with Crippen LogP contribution in [0.5, 0.6) is 0 Å². The summed E-state index contributed by atoms with van der Waals surface area (Å²) < 4.78 is 1.03. The third kappa shape index (κ3) is 1.19. The van der Waals surface area contributed by atoms with Crippen LogP contribution < -0.4 is 5.73 Å². The van der Waals surface area contributed by atoms with Crippen molar-refractivity contribution in [2.75, 3.05) is 0 Å². The Kier molecular flexibility index (Phi) is 1.51. The fourth-order valence-corrected chi connectivity index (χ4v) is 1.83. The molecule has 0 atom stereocenters. The van der Waals surface area contributed by atoms with Gasteiger partial charge in [-0.3, -0.25) is 4.98 Å². The molecule has 0 radical (unpaired) electrons. The summed E-state index contributed by atoms with van der Waals surface area (Å²) >= 11 is 3.43. The van der Waals surface area contributed by atoms with Crippen LogP contribution in [-0.4, -0.2) is 4.98 Å². The van der Waals surface area contributed by atoms with Crippen molar-refractivity contribution in [1.29, 1.82) is 0 Å². The zero-order valence-corrected chi connectivity index (χ0v) is 7.63. The van der Waals surface area contributed by atoms with Gasteiger partial charge < -0.3 is 5.73 Å². The van der Waals surface area contributed by atoms with Crippen molar-refractivity contribution >= 4 is 15.9 Å². The van der Waals surface area contributed by atoms with E-state index in [9.17, 15) is 0 Å². The van der Waals surface area contributed by atoms with Gasteiger partial charge in [-0.1, -0.05) is 0 Å². The Morgan fingerprint density at radius 1 is 1.55 bits per heavy atom. The molecule has 1 aromatic rings. The molecule has 11 heavy (non-hydrogen) atoms. The van der Waals surface area contributed by atoms with Crippen LogP contribution in [-0.2, 0) is 5.54 Å². The number of hydrogen-bond acceptors (Lipinski definition) is 2. The molecule has 1 aliphatic rings. The summed E-state index contributed by atoms with van der Waals surface area (Å²) in [4.78, 5) is 3.98. The van der Waals surface area contributed by atoms with Crippen LogP contribution in [0.2, 0.25) is 0 Å². The highest BCUT2D eigenvalue weighted by molar-refractivity contribution is 9.10. The summed E-state index contributed by atoms with van der Waals surface area (Å²) in [6, 6.07) is 1.98. The number of nitrogens with zero attached hydrogens (tertiary/aromatic N) is 1. The second-order valence-corrected chi connectivity index (χ2v) is 3.87. The maximum Gasteiger partial charge on any atom is 0.0423 e. The molecule has 1 heterocycles. The summed E-state index contributed by atoms with van der Waals surface area (Å²) in [5.41, 5.74) is 7.14. The maximum atomic E-state index is 6.01. The summed E-state index contributed by atoms with van der Waals surface area (Å²) in [5.74, 6) is 0. The van der Waals surface area contributed by atoms with Gasteiger partial charge in [0.15, 0.2) is 0 Å². The predicted octanol–water partition coefficient (Wildman–Crippen LogP) is 1.79. The van der Waals surface area contributed by atoms with Crippen molar-refractivity contribution in [2.24, 2.45) is 5.73 Å². The fourth-order valence-electron chi connectivity index (χ4n) is 1.18. The molecule has 1 fully saturated rings. The molecule has 2 rings (SSSR count). The van der Waals surface area contributed by atoms with Gasteiger partial charge in [0.05, 0.1) is 0 Å². The molecule has 0 aliphatic heterocycles. The van der Waals surface area contributed by atoms with E-state index in [-0.39, 0.29) is 5.54 Å². The molecule has 3 heteroatoms. The topological polar surface area (TPSA) is 38.9 Å². The van der Waals surface area contributed by atoms with Crippen molar-refractivity contribution in [1.82, 2.24) is 4.98 Å². The Labute approximate surface area is 73.9 Å². The molecular weight excluding hydrogens is 204 g/mol. The van der Waals surface area contributed by atoms with Crippen molar-refractivity contribution in [3.63, 3.8) is 0 Å². The summed E-state index contributed by atoms with van der Waals surface area (Å²) in [6.07, 6.45) is 5.76. The lowest BCUT2D eigenvalue weighted by Crippen LogP contribution is -2.19. The number of aromatic nitrogens is 1. The number of nitrogens with two attached hydrogens (primary N) is 1. The van der Waals surface area contributed by atoms with E-state index in [0.29, 0.717) is 0 Å². The third-order valence-corrected chi connectivity index (χ3v) is 2.73. The minimum atomic E-state index is -0.0538. The van der Waals surface area contributed by atoms with Crippen LogP contribution in [0.15, 0.2) is 22.9 Å². The molecule has 0 saturated heterocycles. The normalized spacial score (nSPS) is 19.8. The van der Waals surface area contributed by atoms with Gasteiger partial charge in [0.2, 0.25) is 0 Å². The van der Waals surface area contributed by atoms with E-state index in [0.717, 1.165) is 17.3 Å². The Morgan fingerprint density at radius 3 is 2.82 bits per heavy atom. The average Bonchev–Trinajstić information content (AvgIpc) is 2.70. The van der Waals surface area contributed by atoms with Gasteiger partial charge >= 0.3 is 0 Å². The minimum Gasteiger partial charge on any atom is -0.321 e. The molecule has 2 nitrogen and oxygen atoms in total. The van der Waals surface area contributed by atoms with Gasteiger partial charge in [-0.15, -0.1) is 0 Å². The number of rotatable bonds is 1. The monoisotopic (exact) mass is 212 g/mol. The van der Waals surface area contributed by atoms with E-state index in [1.54, 1.807) is 12.4 Å². The maximum absolute atomic E-state index is 6.01. The van der Waals surface area contributed by atoms with Crippen LogP contribution in [0.4, 0.5) is 0 Å². The third-order valence-electron chi connectivity index (χ3n) is 2.10. The summed E-state index contributed by atoms with van der Waals surface area (Å²) in [5, 5.41) is 0. The van der Waals surface area contributed by atoms with Gasteiger partial charge in [-0.05, 0) is 40.4 Å². The molecule has 1 saturated carbocycles. The first-order valence-corrected chi connectivity index (χ1v) is 4.40. The van der Waals surface area contributed by atoms with Crippen LogP contribution >= 0.6 is 15.9 Å². The summed E-state index contributed by atoms with van der Waals surface area (Å²) in [7, 11) is 0. The SMILES string of the molecule is NC1(c2ccncc2Br)CC1. The molecule has 0 aromatic carbocycles. The highest BCUT2D eigenvalue weighted by Gasteiger charge is 2.41. The first-order chi connectivity index (χ1) is 5.22. The standard InChI is InChI=1S/C8H9BrN2/c9-7-5-11-4-1-6(7)8(10)2-3-8/h1,4-5H,2-3,10H2. The van der Waals surface area contributed by atoms with Gasteiger partial charge in [-0.25, -0.2) is 0 Å². The number of halogens is 1. The molecule has 0 spiro atoms. The molecule has 2 N–H and O–H groups in total. The van der Waals surface area contributed by atoms with E-state index in [2.05, 4.69) is 20.9 Å². The number of hydrogen-bond donors (Lipinski definition) is 1. The van der Waals surface area contributed by atoms with E-state index < -0.39 is 0 Å². The Balaban J connectivity index is 2.45. The van der Waals surface area contributed by atoms with Crippen LogP contribution in [0.25, 0.3) is 0 Å². The molecule has 0 bridgehead atoms. The van der Waals surface area contributed by atoms with Crippen LogP contribution in [0, 0.1) is 0 Å². The highest BCUT2D eigenvalue weighted by atomic mass is 79.9. The molecule has 1 aromatic heterocycles. The zero-order valence-electron chi connectivity index (χ0n) is 6.05. The quantitative estimate of drug-likeness (QED) is 0.772. The Hall–Kier alpha value is -0.410. The van der Waals surface area contributed by atoms with Crippen LogP contribution in [0.1, 0.15) is 18.4 Å². The lowest BCUT2D eigenvalue weighted by Gasteiger charge is -2.09. The lowest BCUT2D eigenvalue weighted by molar-refractivity contribution is 0.733. The molecule has 0 amide bonds. The van der Waals surface area contributed by atoms with Gasteiger partial charge in [-0.2, -0.15) is 0 Å². The lowest BCUT2D eigenvalue weighted by atomic mass is 10.1. The largest absolute Gasteiger partial charge is 0.321 e. The van der Waals surface area contributed by atoms with E-state index in [1.165, 1.54) is 5.56 Å². The number of pyridine rings is 1. The fraction of sp³-hybridized carbons (Fsp3) is 0.375. The second-order valence-electron chi connectivity index (χ2n) is 3.01. The van der Waals surface area contributed by atoms with Gasteiger partial charge in [0.25, 0.3) is 0 Å². The minimum absolute atomic E-state index is 0.0538.